The molecule has 0 aliphatic carbocycles. The van der Waals surface area contributed by atoms with Crippen molar-refractivity contribution in [3.63, 3.8) is 0 Å². The highest BCUT2D eigenvalue weighted by Gasteiger charge is 2.30. The van der Waals surface area contributed by atoms with Gasteiger partial charge in [-0.25, -0.2) is 9.78 Å². The number of piperazine rings is 1. The molecule has 1 amide bonds. The van der Waals surface area contributed by atoms with Crippen LogP contribution in [0.2, 0.25) is 0 Å². The van der Waals surface area contributed by atoms with Gasteiger partial charge >= 0.3 is 6.09 Å². The van der Waals surface area contributed by atoms with Crippen LogP contribution in [0.3, 0.4) is 0 Å². The third kappa shape index (κ3) is 4.78. The van der Waals surface area contributed by atoms with Gasteiger partial charge in [0.1, 0.15) is 0 Å². The molecule has 8 heteroatoms. The molecule has 3 saturated heterocycles. The Morgan fingerprint density at radius 2 is 1.93 bits per heavy atom. The summed E-state index contributed by atoms with van der Waals surface area (Å²) in [5, 5.41) is 1.20. The van der Waals surface area contributed by atoms with Gasteiger partial charge in [0.25, 0.3) is 0 Å². The van der Waals surface area contributed by atoms with Crippen LogP contribution in [0, 0.1) is 0 Å². The van der Waals surface area contributed by atoms with Crippen molar-refractivity contribution in [1.29, 1.82) is 0 Å². The minimum Gasteiger partial charge on any atom is -0.450 e. The quantitative estimate of drug-likeness (QED) is 0.748. The van der Waals surface area contributed by atoms with E-state index >= 15 is 0 Å². The number of hydrogen-bond donors (Lipinski definition) is 0. The molecule has 156 valence electrons. The highest BCUT2D eigenvalue weighted by molar-refractivity contribution is 7.15. The number of piperidine rings is 1. The maximum Gasteiger partial charge on any atom is 0.409 e. The highest BCUT2D eigenvalue weighted by atomic mass is 32.1. The SMILES string of the molecule is CCOC(=O)N1CCN([C@@H]2CCCN(Cc3cnc(N4CCCC4)s3)C2)CC1. The number of rotatable bonds is 5. The molecule has 0 bridgehead atoms. The van der Waals surface area contributed by atoms with Crippen LogP contribution in [-0.2, 0) is 11.3 Å². The predicted octanol–water partition coefficient (Wildman–Crippen LogP) is 2.48. The summed E-state index contributed by atoms with van der Waals surface area (Å²) in [6.45, 7) is 11.4. The van der Waals surface area contributed by atoms with Crippen molar-refractivity contribution in [2.45, 2.75) is 45.2 Å². The molecular weight excluding hydrogens is 374 g/mol. The fraction of sp³-hybridized carbons (Fsp3) is 0.800. The van der Waals surface area contributed by atoms with Gasteiger partial charge < -0.3 is 14.5 Å². The molecule has 3 fully saturated rings. The lowest BCUT2D eigenvalue weighted by atomic mass is 10.0. The molecule has 28 heavy (non-hydrogen) atoms. The third-order valence-corrected chi connectivity index (χ3v) is 7.18. The zero-order valence-corrected chi connectivity index (χ0v) is 17.8. The van der Waals surface area contributed by atoms with Gasteiger partial charge in [-0.1, -0.05) is 0 Å². The lowest BCUT2D eigenvalue weighted by molar-refractivity contribution is 0.0414. The van der Waals surface area contributed by atoms with Gasteiger partial charge in [0.05, 0.1) is 6.61 Å². The number of carbonyl (C=O) groups excluding carboxylic acids is 1. The number of likely N-dealkylation sites (tertiary alicyclic amines) is 1. The molecule has 1 aromatic rings. The van der Waals surface area contributed by atoms with Gasteiger partial charge in [0.15, 0.2) is 5.13 Å². The van der Waals surface area contributed by atoms with Gasteiger partial charge in [0, 0.05) is 69.5 Å². The molecule has 4 heterocycles. The second-order valence-corrected chi connectivity index (χ2v) is 9.15. The van der Waals surface area contributed by atoms with Gasteiger partial charge in [-0.15, -0.1) is 11.3 Å². The predicted molar refractivity (Wildman–Crippen MR) is 112 cm³/mol. The molecule has 0 N–H and O–H groups in total. The van der Waals surface area contributed by atoms with Crippen LogP contribution < -0.4 is 4.90 Å². The second-order valence-electron chi connectivity index (χ2n) is 8.06. The lowest BCUT2D eigenvalue weighted by Crippen LogP contribution is -2.55. The Bertz CT molecular complexity index is 640. The molecule has 3 aliphatic rings. The summed E-state index contributed by atoms with van der Waals surface area (Å²) in [6, 6.07) is 0.601. The molecule has 4 rings (SSSR count). The Morgan fingerprint density at radius 3 is 2.68 bits per heavy atom. The normalized spacial score (nSPS) is 24.7. The lowest BCUT2D eigenvalue weighted by Gasteiger charge is -2.43. The van der Waals surface area contributed by atoms with Gasteiger partial charge in [-0.2, -0.15) is 0 Å². The molecule has 0 radical (unpaired) electrons. The second kappa shape index (κ2) is 9.41. The van der Waals surface area contributed by atoms with E-state index in [1.165, 1.54) is 42.2 Å². The first-order valence-electron chi connectivity index (χ1n) is 10.8. The number of carbonyl (C=O) groups is 1. The first kappa shape index (κ1) is 19.9. The van der Waals surface area contributed by atoms with E-state index in [9.17, 15) is 4.79 Å². The van der Waals surface area contributed by atoms with E-state index in [1.54, 1.807) is 0 Å². The summed E-state index contributed by atoms with van der Waals surface area (Å²) in [5.41, 5.74) is 0. The Balaban J connectivity index is 1.26. The average molecular weight is 408 g/mol. The van der Waals surface area contributed by atoms with Crippen LogP contribution in [0.5, 0.6) is 0 Å². The van der Waals surface area contributed by atoms with E-state index in [4.69, 9.17) is 4.74 Å². The van der Waals surface area contributed by atoms with Gasteiger partial charge in [-0.3, -0.25) is 9.80 Å². The van der Waals surface area contributed by atoms with Crippen molar-refractivity contribution >= 4 is 22.6 Å². The number of hydrogen-bond acceptors (Lipinski definition) is 7. The van der Waals surface area contributed by atoms with Crippen LogP contribution in [-0.4, -0.2) is 90.8 Å². The summed E-state index contributed by atoms with van der Waals surface area (Å²) in [6.07, 6.45) is 7.03. The molecule has 1 atom stereocenters. The summed E-state index contributed by atoms with van der Waals surface area (Å²) in [7, 11) is 0. The first-order valence-corrected chi connectivity index (χ1v) is 11.6. The average Bonchev–Trinajstić information content (AvgIpc) is 3.40. The minimum absolute atomic E-state index is 0.161. The molecule has 0 spiro atoms. The van der Waals surface area contributed by atoms with E-state index in [-0.39, 0.29) is 6.09 Å². The Hall–Kier alpha value is -1.38. The van der Waals surface area contributed by atoms with Crippen molar-refractivity contribution in [3.05, 3.63) is 11.1 Å². The minimum atomic E-state index is -0.161. The topological polar surface area (TPSA) is 52.2 Å². The van der Waals surface area contributed by atoms with E-state index in [0.29, 0.717) is 12.6 Å². The van der Waals surface area contributed by atoms with Crippen molar-refractivity contribution < 1.29 is 9.53 Å². The maximum absolute atomic E-state index is 11.9. The maximum atomic E-state index is 11.9. The number of aromatic nitrogens is 1. The van der Waals surface area contributed by atoms with Crippen molar-refractivity contribution in [2.24, 2.45) is 0 Å². The molecule has 3 aliphatic heterocycles. The van der Waals surface area contributed by atoms with E-state index in [0.717, 1.165) is 52.4 Å². The van der Waals surface area contributed by atoms with Gasteiger partial charge in [-0.05, 0) is 39.2 Å². The van der Waals surface area contributed by atoms with Crippen molar-refractivity contribution in [2.75, 3.05) is 63.9 Å². The molecular formula is C20H33N5O2S. The number of anilines is 1. The number of ether oxygens (including phenoxy) is 1. The fourth-order valence-corrected chi connectivity index (χ4v) is 5.61. The Morgan fingerprint density at radius 1 is 1.14 bits per heavy atom. The number of nitrogens with zero attached hydrogens (tertiary/aromatic N) is 5. The molecule has 0 unspecified atom stereocenters. The van der Waals surface area contributed by atoms with Crippen LogP contribution in [0.15, 0.2) is 6.20 Å². The van der Waals surface area contributed by atoms with Crippen molar-refractivity contribution in [3.8, 4) is 0 Å². The highest BCUT2D eigenvalue weighted by Crippen LogP contribution is 2.28. The molecule has 7 nitrogen and oxygen atoms in total. The largest absolute Gasteiger partial charge is 0.450 e. The summed E-state index contributed by atoms with van der Waals surface area (Å²) in [5.74, 6) is 0. The summed E-state index contributed by atoms with van der Waals surface area (Å²) >= 11 is 1.87. The third-order valence-electron chi connectivity index (χ3n) is 6.13. The number of amides is 1. The first-order chi connectivity index (χ1) is 13.7. The Labute approximate surface area is 172 Å². The zero-order valence-electron chi connectivity index (χ0n) is 17.0. The molecule has 0 aromatic carbocycles. The zero-order chi connectivity index (χ0) is 19.3. The van der Waals surface area contributed by atoms with E-state index < -0.39 is 0 Å². The van der Waals surface area contributed by atoms with Crippen LogP contribution in [0.1, 0.15) is 37.5 Å². The molecule has 1 aromatic heterocycles. The molecule has 0 saturated carbocycles. The van der Waals surface area contributed by atoms with Crippen LogP contribution in [0.25, 0.3) is 0 Å². The van der Waals surface area contributed by atoms with Crippen LogP contribution in [0.4, 0.5) is 9.93 Å². The fourth-order valence-electron chi connectivity index (χ4n) is 4.60. The van der Waals surface area contributed by atoms with Crippen molar-refractivity contribution in [1.82, 2.24) is 19.7 Å². The summed E-state index contributed by atoms with van der Waals surface area (Å²) in [4.78, 5) is 27.4. The van der Waals surface area contributed by atoms with Crippen LogP contribution >= 0.6 is 11.3 Å². The smallest absolute Gasteiger partial charge is 0.409 e. The number of thiazole rings is 1. The summed E-state index contributed by atoms with van der Waals surface area (Å²) < 4.78 is 5.14. The standard InChI is InChI=1S/C20H33N5O2S/c1-2-27-20(26)25-12-10-23(11-13-25)17-6-5-7-22(15-17)16-18-14-21-19(28-18)24-8-3-4-9-24/h14,17H,2-13,15-16H2,1H3/t17-/m1/s1. The Kier molecular flexibility index (Phi) is 6.69. The van der Waals surface area contributed by atoms with E-state index in [2.05, 4.69) is 25.9 Å². The van der Waals surface area contributed by atoms with Gasteiger partial charge in [0.2, 0.25) is 0 Å². The monoisotopic (exact) mass is 407 g/mol. The van der Waals surface area contributed by atoms with E-state index in [1.807, 2.05) is 23.2 Å².